The van der Waals surface area contributed by atoms with Gasteiger partial charge in [-0.15, -0.1) is 0 Å². The summed E-state index contributed by atoms with van der Waals surface area (Å²) in [6.07, 6.45) is 0.670. The van der Waals surface area contributed by atoms with Crippen molar-refractivity contribution in [2.45, 2.75) is 31.6 Å². The largest absolute Gasteiger partial charge is 0.496 e. The van der Waals surface area contributed by atoms with E-state index >= 15 is 0 Å². The lowest BCUT2D eigenvalue weighted by atomic mass is 9.99. The normalized spacial score (nSPS) is 12.2. The zero-order chi connectivity index (χ0) is 28.5. The van der Waals surface area contributed by atoms with Gasteiger partial charge in [0.2, 0.25) is 5.75 Å². The number of benzene rings is 2. The van der Waals surface area contributed by atoms with E-state index < -0.39 is 41.6 Å². The number of rotatable bonds is 11. The average Bonchev–Trinajstić information content (AvgIpc) is 2.92. The molecule has 9 nitrogen and oxygen atoms in total. The van der Waals surface area contributed by atoms with Gasteiger partial charge in [-0.25, -0.2) is 9.37 Å². The second-order valence-electron chi connectivity index (χ2n) is 8.51. The Balaban J connectivity index is 1.78. The van der Waals surface area contributed by atoms with Crippen molar-refractivity contribution in [3.05, 3.63) is 82.9 Å². The summed E-state index contributed by atoms with van der Waals surface area (Å²) >= 11 is 4.72. The van der Waals surface area contributed by atoms with Crippen LogP contribution in [-0.2, 0) is 20.7 Å². The number of thiol groups is 1. The number of amides is 1. The molecule has 1 aromatic heterocycles. The molecule has 3 aromatic rings. The van der Waals surface area contributed by atoms with Crippen LogP contribution in [0.15, 0.2) is 54.7 Å². The first-order chi connectivity index (χ1) is 18.6. The second-order valence-corrected chi connectivity index (χ2v) is 9.07. The van der Waals surface area contributed by atoms with E-state index in [9.17, 15) is 18.8 Å². The molecule has 0 aliphatic rings. The van der Waals surface area contributed by atoms with Crippen LogP contribution < -0.4 is 19.5 Å². The fourth-order valence-corrected chi connectivity index (χ4v) is 4.08. The molecule has 0 radical (unpaired) electrons. The molecule has 2 atom stereocenters. The summed E-state index contributed by atoms with van der Waals surface area (Å²) in [6, 6.07) is 13.1. The number of carbonyl (C=O) groups excluding carboxylic acids is 3. The van der Waals surface area contributed by atoms with Gasteiger partial charge >= 0.3 is 11.9 Å². The lowest BCUT2D eigenvalue weighted by Crippen LogP contribution is -2.35. The maximum Gasteiger partial charge on any atom is 0.325 e. The summed E-state index contributed by atoms with van der Waals surface area (Å²) in [4.78, 5) is 41.1. The van der Waals surface area contributed by atoms with Gasteiger partial charge in [-0.1, -0.05) is 35.9 Å². The number of methoxy groups -OCH3 is 2. The molecule has 1 amide bonds. The van der Waals surface area contributed by atoms with Gasteiger partial charge < -0.3 is 24.3 Å². The molecule has 11 heteroatoms. The predicted molar refractivity (Wildman–Crippen MR) is 144 cm³/mol. The summed E-state index contributed by atoms with van der Waals surface area (Å²) in [5.41, 5.74) is 2.23. The molecule has 0 aliphatic heterocycles. The molecule has 2 unspecified atom stereocenters. The van der Waals surface area contributed by atoms with Crippen molar-refractivity contribution in [1.82, 2.24) is 10.3 Å². The number of aryl methyl sites for hydroxylation is 1. The van der Waals surface area contributed by atoms with Crippen molar-refractivity contribution < 1.29 is 37.7 Å². The van der Waals surface area contributed by atoms with E-state index in [-0.39, 0.29) is 23.6 Å². The summed E-state index contributed by atoms with van der Waals surface area (Å²) in [5, 5.41) is 1.88. The van der Waals surface area contributed by atoms with E-state index in [1.54, 1.807) is 6.07 Å². The molecule has 0 fully saturated rings. The molecule has 206 valence electrons. The molecule has 3 rings (SSSR count). The quantitative estimate of drug-likeness (QED) is 0.269. The van der Waals surface area contributed by atoms with Gasteiger partial charge in [-0.05, 0) is 24.1 Å². The molecule has 0 saturated heterocycles. The number of esters is 2. The van der Waals surface area contributed by atoms with Crippen LogP contribution in [0.3, 0.4) is 0 Å². The molecule has 1 N–H and O–H groups in total. The predicted octanol–water partition coefficient (Wildman–Crippen LogP) is 4.03. The van der Waals surface area contributed by atoms with Crippen LogP contribution in [0.4, 0.5) is 4.39 Å². The number of hydrogen-bond acceptors (Lipinski definition) is 9. The van der Waals surface area contributed by atoms with Crippen LogP contribution in [0, 0.1) is 12.7 Å². The number of carbonyl (C=O) groups is 3. The van der Waals surface area contributed by atoms with Crippen molar-refractivity contribution in [3.63, 3.8) is 0 Å². The maximum absolute atomic E-state index is 13.7. The Morgan fingerprint density at radius 2 is 1.72 bits per heavy atom. The van der Waals surface area contributed by atoms with Crippen LogP contribution >= 0.6 is 12.6 Å². The van der Waals surface area contributed by atoms with Crippen LogP contribution in [0.25, 0.3) is 0 Å². The topological polar surface area (TPSA) is 113 Å². The third-order valence-electron chi connectivity index (χ3n) is 5.67. The van der Waals surface area contributed by atoms with Crippen LogP contribution in [-0.4, -0.2) is 49.7 Å². The Labute approximate surface area is 231 Å². The summed E-state index contributed by atoms with van der Waals surface area (Å²) in [5.74, 6) is -2.42. The highest BCUT2D eigenvalue weighted by atomic mass is 32.1. The molecule has 2 aromatic carbocycles. The Morgan fingerprint density at radius 3 is 2.36 bits per heavy atom. The van der Waals surface area contributed by atoms with Crippen molar-refractivity contribution in [3.8, 4) is 17.2 Å². The molecular weight excluding hydrogens is 527 g/mol. The molecule has 0 bridgehead atoms. The van der Waals surface area contributed by atoms with Crippen LogP contribution in [0.2, 0.25) is 0 Å². The molecule has 0 aliphatic carbocycles. The zero-order valence-electron chi connectivity index (χ0n) is 21.9. The van der Waals surface area contributed by atoms with Crippen molar-refractivity contribution in [1.29, 1.82) is 0 Å². The number of nitrogens with one attached hydrogen (secondary N) is 1. The highest BCUT2D eigenvalue weighted by molar-refractivity contribution is 7.80. The third-order valence-corrected chi connectivity index (χ3v) is 6.30. The average molecular weight is 557 g/mol. The van der Waals surface area contributed by atoms with Gasteiger partial charge in [0, 0.05) is 31.7 Å². The van der Waals surface area contributed by atoms with Crippen molar-refractivity contribution in [2.24, 2.45) is 0 Å². The number of aromatic nitrogens is 1. The number of halogens is 1. The summed E-state index contributed by atoms with van der Waals surface area (Å²) in [6.45, 7) is 2.61. The monoisotopic (exact) mass is 556 g/mol. The standard InChI is InChI=1S/C28H29FN2O7S/c1-16-5-7-18(8-6-16)27(39)23(13-19-9-10-20(29)14-22(19)36-4)38-24(33)15-31-28(34)25-26(37-17(2)32)21(35-3)11-12-30-25/h5-12,14,23,27,39H,13,15H2,1-4H3,(H,31,34). The first kappa shape index (κ1) is 29.4. The van der Waals surface area contributed by atoms with Crippen molar-refractivity contribution >= 4 is 30.5 Å². The highest BCUT2D eigenvalue weighted by Crippen LogP contribution is 2.32. The SMILES string of the molecule is COc1cc(F)ccc1CC(OC(=O)CNC(=O)c1nccc(OC)c1OC(C)=O)C(S)c1ccc(C)cc1. The molecule has 39 heavy (non-hydrogen) atoms. The third kappa shape index (κ3) is 7.93. The number of hydrogen-bond donors (Lipinski definition) is 2. The highest BCUT2D eigenvalue weighted by Gasteiger charge is 2.27. The van der Waals surface area contributed by atoms with E-state index in [1.165, 1.54) is 45.5 Å². The van der Waals surface area contributed by atoms with E-state index in [4.69, 9.17) is 31.6 Å². The van der Waals surface area contributed by atoms with Crippen LogP contribution in [0.5, 0.6) is 17.2 Å². The number of ether oxygens (including phenoxy) is 4. The van der Waals surface area contributed by atoms with Gasteiger partial charge in [-0.2, -0.15) is 12.6 Å². The first-order valence-electron chi connectivity index (χ1n) is 11.9. The molecule has 0 spiro atoms. The summed E-state index contributed by atoms with van der Waals surface area (Å²) in [7, 11) is 2.77. The van der Waals surface area contributed by atoms with E-state index in [2.05, 4.69) is 10.3 Å². The van der Waals surface area contributed by atoms with E-state index in [0.717, 1.165) is 11.1 Å². The first-order valence-corrected chi connectivity index (χ1v) is 12.4. The van der Waals surface area contributed by atoms with Gasteiger partial charge in [0.1, 0.15) is 24.2 Å². The summed E-state index contributed by atoms with van der Waals surface area (Å²) < 4.78 is 35.0. The Kier molecular flexibility index (Phi) is 10.3. The van der Waals surface area contributed by atoms with Gasteiger partial charge in [0.15, 0.2) is 11.4 Å². The van der Waals surface area contributed by atoms with Crippen molar-refractivity contribution in [2.75, 3.05) is 20.8 Å². The minimum Gasteiger partial charge on any atom is -0.496 e. The molecule has 0 saturated carbocycles. The fourth-order valence-electron chi connectivity index (χ4n) is 3.74. The van der Waals surface area contributed by atoms with Gasteiger partial charge in [0.05, 0.1) is 19.5 Å². The number of pyridine rings is 1. The zero-order valence-corrected chi connectivity index (χ0v) is 22.8. The lowest BCUT2D eigenvalue weighted by Gasteiger charge is -2.25. The molecular formula is C28H29FN2O7S. The number of nitrogens with zero attached hydrogens (tertiary/aromatic N) is 1. The minimum atomic E-state index is -0.800. The second kappa shape index (κ2) is 13.6. The van der Waals surface area contributed by atoms with E-state index in [1.807, 2.05) is 31.2 Å². The fraction of sp³-hybridized carbons (Fsp3) is 0.286. The van der Waals surface area contributed by atoms with Crippen LogP contribution in [0.1, 0.15) is 39.4 Å². The minimum absolute atomic E-state index is 0.122. The lowest BCUT2D eigenvalue weighted by molar-refractivity contribution is -0.147. The Hall–Kier alpha value is -4.12. The Morgan fingerprint density at radius 1 is 1.03 bits per heavy atom. The molecule has 1 heterocycles. The maximum atomic E-state index is 13.7. The van der Waals surface area contributed by atoms with Gasteiger partial charge in [0.25, 0.3) is 5.91 Å². The van der Waals surface area contributed by atoms with Gasteiger partial charge in [-0.3, -0.25) is 14.4 Å². The smallest absolute Gasteiger partial charge is 0.325 e. The Bertz CT molecular complexity index is 1330. The van der Waals surface area contributed by atoms with E-state index in [0.29, 0.717) is 11.3 Å².